The van der Waals surface area contributed by atoms with Crippen LogP contribution in [0.25, 0.3) is 22.6 Å². The van der Waals surface area contributed by atoms with E-state index in [4.69, 9.17) is 9.15 Å². The molecule has 1 amide bonds. The Kier molecular flexibility index (Phi) is 5.04. The molecule has 5 heteroatoms. The van der Waals surface area contributed by atoms with E-state index in [-0.39, 0.29) is 12.5 Å². The van der Waals surface area contributed by atoms with E-state index in [2.05, 4.69) is 10.3 Å². The highest BCUT2D eigenvalue weighted by Gasteiger charge is 2.11. The molecule has 0 spiro atoms. The van der Waals surface area contributed by atoms with Crippen molar-refractivity contribution >= 4 is 22.7 Å². The van der Waals surface area contributed by atoms with Crippen molar-refractivity contribution in [3.8, 4) is 17.2 Å². The highest BCUT2D eigenvalue weighted by molar-refractivity contribution is 5.92. The molecule has 29 heavy (non-hydrogen) atoms. The highest BCUT2D eigenvalue weighted by atomic mass is 16.5. The number of ether oxygens (including phenoxy) is 1. The molecule has 4 aromatic rings. The summed E-state index contributed by atoms with van der Waals surface area (Å²) in [6.45, 7) is 5.94. The van der Waals surface area contributed by atoms with E-state index in [0.717, 1.165) is 33.4 Å². The maximum atomic E-state index is 12.3. The molecule has 0 saturated carbocycles. The summed E-state index contributed by atoms with van der Waals surface area (Å²) in [5.74, 6) is 1.00. The molecule has 0 atom stereocenters. The fraction of sp³-hybridized carbons (Fsp3) is 0.167. The van der Waals surface area contributed by atoms with Crippen LogP contribution in [0.4, 0.5) is 5.69 Å². The van der Waals surface area contributed by atoms with Gasteiger partial charge in [-0.25, -0.2) is 4.98 Å². The molecular weight excluding hydrogens is 364 g/mol. The molecule has 0 bridgehead atoms. The molecule has 0 unspecified atom stereocenters. The van der Waals surface area contributed by atoms with Crippen molar-refractivity contribution in [1.29, 1.82) is 0 Å². The largest absolute Gasteiger partial charge is 0.483 e. The van der Waals surface area contributed by atoms with Gasteiger partial charge in [-0.1, -0.05) is 29.8 Å². The summed E-state index contributed by atoms with van der Waals surface area (Å²) in [4.78, 5) is 16.9. The molecule has 146 valence electrons. The number of anilines is 1. The molecular formula is C24H22N2O3. The number of carbonyl (C=O) groups excluding carboxylic acids is 1. The lowest BCUT2D eigenvalue weighted by Gasteiger charge is -2.10. The Labute approximate surface area is 169 Å². The Morgan fingerprint density at radius 3 is 2.62 bits per heavy atom. The van der Waals surface area contributed by atoms with Gasteiger partial charge < -0.3 is 14.5 Å². The van der Waals surface area contributed by atoms with Crippen LogP contribution in [0.2, 0.25) is 0 Å². The normalized spacial score (nSPS) is 10.9. The lowest BCUT2D eigenvalue weighted by Crippen LogP contribution is -2.20. The van der Waals surface area contributed by atoms with Gasteiger partial charge in [0.25, 0.3) is 5.91 Å². The van der Waals surface area contributed by atoms with Crippen LogP contribution in [0.1, 0.15) is 16.7 Å². The quantitative estimate of drug-likeness (QED) is 0.496. The number of amides is 1. The first kappa shape index (κ1) is 18.7. The highest BCUT2D eigenvalue weighted by Crippen LogP contribution is 2.26. The number of oxazole rings is 1. The number of rotatable bonds is 5. The van der Waals surface area contributed by atoms with Crippen molar-refractivity contribution in [3.05, 3.63) is 77.4 Å². The van der Waals surface area contributed by atoms with Crippen molar-refractivity contribution in [2.45, 2.75) is 20.8 Å². The van der Waals surface area contributed by atoms with Crippen molar-refractivity contribution in [1.82, 2.24) is 4.98 Å². The van der Waals surface area contributed by atoms with E-state index in [1.165, 1.54) is 0 Å². The van der Waals surface area contributed by atoms with Gasteiger partial charge in [0.05, 0.1) is 0 Å². The molecule has 1 N–H and O–H groups in total. The summed E-state index contributed by atoms with van der Waals surface area (Å²) in [5, 5.41) is 2.86. The second-order valence-electron chi connectivity index (χ2n) is 7.18. The molecule has 4 rings (SSSR count). The van der Waals surface area contributed by atoms with Crippen LogP contribution in [-0.4, -0.2) is 17.5 Å². The summed E-state index contributed by atoms with van der Waals surface area (Å²) >= 11 is 0. The molecule has 1 heterocycles. The molecule has 1 aromatic heterocycles. The van der Waals surface area contributed by atoms with Crippen LogP contribution in [0.5, 0.6) is 5.75 Å². The predicted molar refractivity (Wildman–Crippen MR) is 114 cm³/mol. The monoisotopic (exact) mass is 386 g/mol. The van der Waals surface area contributed by atoms with E-state index < -0.39 is 0 Å². The molecule has 0 aliphatic rings. The Balaban J connectivity index is 1.46. The number of nitrogens with one attached hydrogen (secondary N) is 1. The van der Waals surface area contributed by atoms with Gasteiger partial charge >= 0.3 is 0 Å². The van der Waals surface area contributed by atoms with Gasteiger partial charge in [0.1, 0.15) is 11.3 Å². The van der Waals surface area contributed by atoms with Gasteiger partial charge in [-0.3, -0.25) is 4.79 Å². The average molecular weight is 386 g/mol. The minimum atomic E-state index is -0.227. The Hall–Kier alpha value is -3.60. The number of hydrogen-bond donors (Lipinski definition) is 1. The van der Waals surface area contributed by atoms with Gasteiger partial charge in [-0.05, 0) is 68.3 Å². The summed E-state index contributed by atoms with van der Waals surface area (Å²) in [6.07, 6.45) is 0. The van der Waals surface area contributed by atoms with Crippen LogP contribution in [0.15, 0.2) is 65.1 Å². The van der Waals surface area contributed by atoms with E-state index in [1.807, 2.05) is 81.4 Å². The van der Waals surface area contributed by atoms with Gasteiger partial charge in [0.2, 0.25) is 5.89 Å². The smallest absolute Gasteiger partial charge is 0.262 e. The number of benzene rings is 3. The predicted octanol–water partition coefficient (Wildman–Crippen LogP) is 5.44. The summed E-state index contributed by atoms with van der Waals surface area (Å²) in [7, 11) is 0. The Morgan fingerprint density at radius 2 is 1.79 bits per heavy atom. The third kappa shape index (κ3) is 4.29. The van der Waals surface area contributed by atoms with Crippen molar-refractivity contribution in [3.63, 3.8) is 0 Å². The second-order valence-corrected chi connectivity index (χ2v) is 7.18. The molecule has 0 aliphatic carbocycles. The third-order valence-electron chi connectivity index (χ3n) is 4.63. The maximum absolute atomic E-state index is 12.3. The number of hydrogen-bond acceptors (Lipinski definition) is 4. The van der Waals surface area contributed by atoms with Gasteiger partial charge in [-0.2, -0.15) is 0 Å². The molecule has 3 aromatic carbocycles. The average Bonchev–Trinajstić information content (AvgIpc) is 3.11. The van der Waals surface area contributed by atoms with E-state index >= 15 is 0 Å². The number of aryl methyl sites for hydroxylation is 3. The van der Waals surface area contributed by atoms with Crippen LogP contribution in [-0.2, 0) is 4.79 Å². The number of nitrogens with zero attached hydrogens (tertiary/aromatic N) is 1. The number of fused-ring (bicyclic) bond motifs is 1. The van der Waals surface area contributed by atoms with Crippen molar-refractivity contribution in [2.24, 2.45) is 0 Å². The minimum Gasteiger partial charge on any atom is -0.483 e. The summed E-state index contributed by atoms with van der Waals surface area (Å²) < 4.78 is 11.5. The zero-order valence-electron chi connectivity index (χ0n) is 16.7. The molecule has 0 fully saturated rings. The minimum absolute atomic E-state index is 0.0592. The van der Waals surface area contributed by atoms with Crippen LogP contribution >= 0.6 is 0 Å². The summed E-state index contributed by atoms with van der Waals surface area (Å²) in [6, 6.07) is 19.2. The topological polar surface area (TPSA) is 64.4 Å². The lowest BCUT2D eigenvalue weighted by molar-refractivity contribution is -0.118. The SMILES string of the molecule is Cc1ccc(OCC(=O)Nc2cccc(-c3nc4cc(C)ccc4o3)c2)c(C)c1. The first-order chi connectivity index (χ1) is 14.0. The van der Waals surface area contributed by atoms with Crippen LogP contribution in [0.3, 0.4) is 0 Å². The van der Waals surface area contributed by atoms with E-state index in [9.17, 15) is 4.79 Å². The Morgan fingerprint density at radius 1 is 1.00 bits per heavy atom. The number of carbonyl (C=O) groups is 1. The maximum Gasteiger partial charge on any atom is 0.262 e. The fourth-order valence-electron chi connectivity index (χ4n) is 3.19. The molecule has 0 saturated heterocycles. The van der Waals surface area contributed by atoms with Crippen LogP contribution < -0.4 is 10.1 Å². The van der Waals surface area contributed by atoms with Crippen molar-refractivity contribution < 1.29 is 13.9 Å². The van der Waals surface area contributed by atoms with E-state index in [0.29, 0.717) is 17.3 Å². The number of aromatic nitrogens is 1. The fourth-order valence-corrected chi connectivity index (χ4v) is 3.19. The van der Waals surface area contributed by atoms with Crippen LogP contribution in [0, 0.1) is 20.8 Å². The summed E-state index contributed by atoms with van der Waals surface area (Å²) in [5.41, 5.74) is 6.30. The first-order valence-electron chi connectivity index (χ1n) is 9.45. The first-order valence-corrected chi connectivity index (χ1v) is 9.45. The molecule has 0 aliphatic heterocycles. The van der Waals surface area contributed by atoms with Gasteiger partial charge in [0, 0.05) is 11.3 Å². The van der Waals surface area contributed by atoms with Gasteiger partial charge in [-0.15, -0.1) is 0 Å². The Bertz CT molecular complexity index is 1190. The standard InChI is InChI=1S/C24H22N2O3/c1-15-7-9-21(17(3)11-15)28-14-23(27)25-19-6-4-5-18(13-19)24-26-20-12-16(2)8-10-22(20)29-24/h4-13H,14H2,1-3H3,(H,25,27). The zero-order chi connectivity index (χ0) is 20.4. The third-order valence-corrected chi connectivity index (χ3v) is 4.63. The van der Waals surface area contributed by atoms with Gasteiger partial charge in [0.15, 0.2) is 12.2 Å². The van der Waals surface area contributed by atoms with E-state index in [1.54, 1.807) is 0 Å². The second kappa shape index (κ2) is 7.80. The zero-order valence-corrected chi connectivity index (χ0v) is 16.7. The molecule has 5 nitrogen and oxygen atoms in total. The lowest BCUT2D eigenvalue weighted by atomic mass is 10.1. The van der Waals surface area contributed by atoms with Crippen molar-refractivity contribution in [2.75, 3.05) is 11.9 Å². The molecule has 0 radical (unpaired) electrons.